The molecule has 0 bridgehead atoms. The average Bonchev–Trinajstić information content (AvgIpc) is 2.91. The Morgan fingerprint density at radius 1 is 1.32 bits per heavy atom. The molecule has 0 saturated heterocycles. The van der Waals surface area contributed by atoms with Gasteiger partial charge in [0.15, 0.2) is 0 Å². The fraction of sp³-hybridized carbons (Fsp3) is 0.842. The molecule has 2 rings (SSSR count). The molecule has 2 aliphatic rings. The monoisotopic (exact) mass is 351 g/mol. The summed E-state index contributed by atoms with van der Waals surface area (Å²) in [5.74, 6) is 0.702. The summed E-state index contributed by atoms with van der Waals surface area (Å²) in [6.07, 6.45) is 6.72. The average molecular weight is 351 g/mol. The zero-order chi connectivity index (χ0) is 18.6. The fourth-order valence-electron chi connectivity index (χ4n) is 3.74. The van der Waals surface area contributed by atoms with E-state index in [0.717, 1.165) is 6.42 Å². The van der Waals surface area contributed by atoms with E-state index in [0.29, 0.717) is 24.7 Å². The molecule has 1 aliphatic heterocycles. The Balaban J connectivity index is 1.97. The first-order valence-corrected chi connectivity index (χ1v) is 9.54. The molecule has 1 atom stereocenters. The topological polar surface area (TPSA) is 73.2 Å². The van der Waals surface area contributed by atoms with Crippen LogP contribution in [0.1, 0.15) is 72.6 Å². The summed E-state index contributed by atoms with van der Waals surface area (Å²) < 4.78 is 0. The Morgan fingerprint density at radius 3 is 2.52 bits per heavy atom. The highest BCUT2D eigenvalue weighted by Crippen LogP contribution is 2.27. The maximum atomic E-state index is 12.3. The Morgan fingerprint density at radius 2 is 1.96 bits per heavy atom. The van der Waals surface area contributed by atoms with E-state index in [1.807, 2.05) is 27.7 Å². The van der Waals surface area contributed by atoms with Crippen molar-refractivity contribution in [3.8, 4) is 0 Å². The highest BCUT2D eigenvalue weighted by atomic mass is 16.4. The van der Waals surface area contributed by atoms with Gasteiger partial charge in [-0.2, -0.15) is 5.10 Å². The highest BCUT2D eigenvalue weighted by molar-refractivity contribution is 6.07. The molecule has 1 unspecified atom stereocenters. The summed E-state index contributed by atoms with van der Waals surface area (Å²) in [4.78, 5) is 25.3. The van der Waals surface area contributed by atoms with Gasteiger partial charge in [0.1, 0.15) is 0 Å². The molecule has 25 heavy (non-hydrogen) atoms. The maximum absolute atomic E-state index is 12.3. The number of hydrazone groups is 1. The molecule has 0 spiro atoms. The molecule has 0 aromatic carbocycles. The van der Waals surface area contributed by atoms with Gasteiger partial charge in [-0.05, 0) is 24.7 Å². The molecule has 1 saturated carbocycles. The zero-order valence-electron chi connectivity index (χ0n) is 16.1. The van der Waals surface area contributed by atoms with Crippen LogP contribution in [0.5, 0.6) is 0 Å². The van der Waals surface area contributed by atoms with E-state index >= 15 is 0 Å². The van der Waals surface area contributed by atoms with Crippen LogP contribution in [0.15, 0.2) is 5.10 Å². The molecule has 1 aliphatic carbocycles. The number of hydrogen-bond donors (Lipinski definition) is 1. The number of hydrogen-bond acceptors (Lipinski definition) is 3. The SMILES string of the molecule is CC(C1=NN(CCC2CCCCC2)C(=O)C1)N(CC(C)(C)C)C(=O)O. The summed E-state index contributed by atoms with van der Waals surface area (Å²) in [6, 6.07) is -0.375. The van der Waals surface area contributed by atoms with Crippen molar-refractivity contribution in [3.63, 3.8) is 0 Å². The zero-order valence-corrected chi connectivity index (χ0v) is 16.1. The van der Waals surface area contributed by atoms with Crippen molar-refractivity contribution in [2.75, 3.05) is 13.1 Å². The number of nitrogens with zero attached hydrogens (tertiary/aromatic N) is 3. The van der Waals surface area contributed by atoms with Crippen molar-refractivity contribution in [2.45, 2.75) is 78.7 Å². The van der Waals surface area contributed by atoms with Crippen LogP contribution in [0.3, 0.4) is 0 Å². The molecule has 1 N–H and O–H groups in total. The van der Waals surface area contributed by atoms with Gasteiger partial charge in [-0.15, -0.1) is 0 Å². The normalized spacial score (nSPS) is 20.6. The van der Waals surface area contributed by atoms with Gasteiger partial charge in [-0.25, -0.2) is 9.80 Å². The summed E-state index contributed by atoms with van der Waals surface area (Å²) >= 11 is 0. The van der Waals surface area contributed by atoms with E-state index < -0.39 is 6.09 Å². The smallest absolute Gasteiger partial charge is 0.407 e. The second-order valence-electron chi connectivity index (χ2n) is 8.72. The first-order chi connectivity index (χ1) is 11.7. The first-order valence-electron chi connectivity index (χ1n) is 9.54. The molecule has 1 heterocycles. The molecule has 0 radical (unpaired) electrons. The van der Waals surface area contributed by atoms with E-state index in [-0.39, 0.29) is 23.8 Å². The lowest BCUT2D eigenvalue weighted by molar-refractivity contribution is -0.128. The molecule has 6 heteroatoms. The van der Waals surface area contributed by atoms with Gasteiger partial charge < -0.3 is 5.11 Å². The summed E-state index contributed by atoms with van der Waals surface area (Å²) in [7, 11) is 0. The van der Waals surface area contributed by atoms with E-state index in [1.54, 1.807) is 5.01 Å². The summed E-state index contributed by atoms with van der Waals surface area (Å²) in [5.41, 5.74) is 0.525. The van der Waals surface area contributed by atoms with Crippen LogP contribution in [-0.2, 0) is 4.79 Å². The van der Waals surface area contributed by atoms with Crippen molar-refractivity contribution in [2.24, 2.45) is 16.4 Å². The molecule has 6 nitrogen and oxygen atoms in total. The number of carbonyl (C=O) groups is 2. The standard InChI is InChI=1S/C19H33N3O3/c1-14(21(18(24)25)13-19(2,3)4)16-12-17(23)22(20-16)11-10-15-8-6-5-7-9-15/h14-15H,5-13H2,1-4H3,(H,24,25). The van der Waals surface area contributed by atoms with E-state index in [4.69, 9.17) is 0 Å². The van der Waals surface area contributed by atoms with Crippen molar-refractivity contribution < 1.29 is 14.7 Å². The van der Waals surface area contributed by atoms with E-state index in [2.05, 4.69) is 5.10 Å². The van der Waals surface area contributed by atoms with Crippen molar-refractivity contribution in [1.82, 2.24) is 9.91 Å². The highest BCUT2D eigenvalue weighted by Gasteiger charge is 2.33. The Bertz CT molecular complexity index is 518. The van der Waals surface area contributed by atoms with Crippen LogP contribution >= 0.6 is 0 Å². The van der Waals surface area contributed by atoms with Crippen LogP contribution in [0.4, 0.5) is 4.79 Å². The Labute approximate surface area is 151 Å². The molecule has 0 aromatic rings. The number of carboxylic acid groups (broad SMARTS) is 1. The number of rotatable bonds is 6. The Hall–Kier alpha value is -1.59. The lowest BCUT2D eigenvalue weighted by Gasteiger charge is -2.32. The minimum absolute atomic E-state index is 0.00115. The van der Waals surface area contributed by atoms with Crippen LogP contribution < -0.4 is 0 Å². The van der Waals surface area contributed by atoms with Gasteiger partial charge in [-0.3, -0.25) is 9.69 Å². The van der Waals surface area contributed by atoms with Gasteiger partial charge in [0, 0.05) is 13.1 Å². The molecule has 2 amide bonds. The predicted octanol–water partition coefficient (Wildman–Crippen LogP) is 3.96. The fourth-order valence-corrected chi connectivity index (χ4v) is 3.74. The lowest BCUT2D eigenvalue weighted by Crippen LogP contribution is -2.46. The molecule has 0 aromatic heterocycles. The van der Waals surface area contributed by atoms with Crippen molar-refractivity contribution in [1.29, 1.82) is 0 Å². The second-order valence-corrected chi connectivity index (χ2v) is 8.72. The maximum Gasteiger partial charge on any atom is 0.407 e. The van der Waals surface area contributed by atoms with Crippen molar-refractivity contribution >= 4 is 17.7 Å². The van der Waals surface area contributed by atoms with E-state index in [1.165, 1.54) is 37.0 Å². The van der Waals surface area contributed by atoms with Crippen LogP contribution in [0, 0.1) is 11.3 Å². The number of amides is 2. The van der Waals surface area contributed by atoms with Gasteiger partial charge in [0.25, 0.3) is 0 Å². The van der Waals surface area contributed by atoms with Crippen LogP contribution in [-0.4, -0.2) is 51.9 Å². The largest absolute Gasteiger partial charge is 0.465 e. The minimum atomic E-state index is -0.960. The number of carbonyl (C=O) groups excluding carboxylic acids is 1. The van der Waals surface area contributed by atoms with Gasteiger partial charge >= 0.3 is 6.09 Å². The van der Waals surface area contributed by atoms with Crippen molar-refractivity contribution in [3.05, 3.63) is 0 Å². The quantitative estimate of drug-likeness (QED) is 0.787. The lowest BCUT2D eigenvalue weighted by atomic mass is 9.87. The summed E-state index contributed by atoms with van der Waals surface area (Å²) in [6.45, 7) is 8.93. The minimum Gasteiger partial charge on any atom is -0.465 e. The van der Waals surface area contributed by atoms with Gasteiger partial charge in [-0.1, -0.05) is 52.9 Å². The van der Waals surface area contributed by atoms with Crippen LogP contribution in [0.25, 0.3) is 0 Å². The van der Waals surface area contributed by atoms with Crippen LogP contribution in [0.2, 0.25) is 0 Å². The van der Waals surface area contributed by atoms with Gasteiger partial charge in [0.2, 0.25) is 5.91 Å². The third-order valence-corrected chi connectivity index (χ3v) is 5.18. The van der Waals surface area contributed by atoms with E-state index in [9.17, 15) is 14.7 Å². The molecule has 1 fully saturated rings. The Kier molecular flexibility index (Phi) is 6.47. The molecular weight excluding hydrogens is 318 g/mol. The molecular formula is C19H33N3O3. The third kappa shape index (κ3) is 5.72. The first kappa shape index (κ1) is 19.7. The predicted molar refractivity (Wildman–Crippen MR) is 98.6 cm³/mol. The molecule has 142 valence electrons. The third-order valence-electron chi connectivity index (χ3n) is 5.18. The second kappa shape index (κ2) is 8.19. The van der Waals surface area contributed by atoms with Gasteiger partial charge in [0.05, 0.1) is 18.2 Å². The summed E-state index contributed by atoms with van der Waals surface area (Å²) in [5, 5.41) is 15.6.